The van der Waals surface area contributed by atoms with Gasteiger partial charge in [0.15, 0.2) is 0 Å². The Morgan fingerprint density at radius 3 is 2.68 bits per heavy atom. The number of nitriles is 1. The third kappa shape index (κ3) is 8.56. The molecule has 0 saturated heterocycles. The van der Waals surface area contributed by atoms with Gasteiger partial charge < -0.3 is 4.74 Å². The molecule has 178 valence electrons. The van der Waals surface area contributed by atoms with Gasteiger partial charge in [-0.05, 0) is 54.4 Å². The van der Waals surface area contributed by atoms with Crippen molar-refractivity contribution in [1.82, 2.24) is 0 Å². The topological polar surface area (TPSA) is 33.0 Å². The average Bonchev–Trinajstić information content (AvgIpc) is 3.16. The molecule has 0 aromatic heterocycles. The molecule has 34 heavy (non-hydrogen) atoms. The van der Waals surface area contributed by atoms with Gasteiger partial charge in [-0.15, -0.1) is 0 Å². The van der Waals surface area contributed by atoms with Gasteiger partial charge in [-0.1, -0.05) is 119 Å². The lowest BCUT2D eigenvalue weighted by Crippen LogP contribution is -2.10. The van der Waals surface area contributed by atoms with Crippen LogP contribution in [0.4, 0.5) is 0 Å². The predicted molar refractivity (Wildman–Crippen MR) is 146 cm³/mol. The molecule has 1 aliphatic carbocycles. The van der Waals surface area contributed by atoms with Crippen molar-refractivity contribution in [3.63, 3.8) is 0 Å². The van der Waals surface area contributed by atoms with E-state index in [1.165, 1.54) is 18.4 Å². The number of rotatable bonds is 13. The summed E-state index contributed by atoms with van der Waals surface area (Å²) < 4.78 is 6.09. The second-order valence-electron chi connectivity index (χ2n) is 8.52. The van der Waals surface area contributed by atoms with Gasteiger partial charge in [0.2, 0.25) is 0 Å². The summed E-state index contributed by atoms with van der Waals surface area (Å²) in [7, 11) is 0. The fraction of sp³-hybridized carbons (Fsp3) is 0.344. The molecular formula is C32H39NO. The summed E-state index contributed by atoms with van der Waals surface area (Å²) in [6.07, 6.45) is 22.8. The van der Waals surface area contributed by atoms with Crippen LogP contribution < -0.4 is 0 Å². The smallest absolute Gasteiger partial charge is 0.130 e. The van der Waals surface area contributed by atoms with E-state index in [9.17, 15) is 5.26 Å². The van der Waals surface area contributed by atoms with Crippen molar-refractivity contribution >= 4 is 5.57 Å². The second-order valence-corrected chi connectivity index (χ2v) is 8.52. The maximum atomic E-state index is 10.1. The summed E-state index contributed by atoms with van der Waals surface area (Å²) in [5.74, 6) is 0.964. The number of hydrogen-bond donors (Lipinski definition) is 0. The molecule has 1 unspecified atom stereocenters. The summed E-state index contributed by atoms with van der Waals surface area (Å²) in [6, 6.07) is 12.7. The van der Waals surface area contributed by atoms with Gasteiger partial charge in [-0.25, -0.2) is 0 Å². The molecule has 2 rings (SSSR count). The third-order valence-corrected chi connectivity index (χ3v) is 6.11. The highest BCUT2D eigenvalue weighted by Gasteiger charge is 2.16. The number of unbranched alkanes of at least 4 members (excludes halogenated alkanes) is 1. The zero-order chi connectivity index (χ0) is 24.6. The molecule has 0 amide bonds. The molecule has 0 spiro atoms. The molecular weight excluding hydrogens is 414 g/mol. The summed E-state index contributed by atoms with van der Waals surface area (Å²) in [5.41, 5.74) is 4.87. The normalized spacial score (nSPS) is 15.4. The third-order valence-electron chi connectivity index (χ3n) is 6.11. The Labute approximate surface area is 207 Å². The Bertz CT molecular complexity index is 1010. The van der Waals surface area contributed by atoms with Gasteiger partial charge >= 0.3 is 0 Å². The van der Waals surface area contributed by atoms with Gasteiger partial charge in [-0.3, -0.25) is 0 Å². The molecule has 1 atom stereocenters. The highest BCUT2D eigenvalue weighted by molar-refractivity contribution is 5.73. The van der Waals surface area contributed by atoms with Crippen LogP contribution in [0, 0.1) is 17.2 Å². The average molecular weight is 454 g/mol. The van der Waals surface area contributed by atoms with Crippen LogP contribution in [0.1, 0.15) is 64.9 Å². The number of hydrogen-bond acceptors (Lipinski definition) is 2. The largest absolute Gasteiger partial charge is 0.493 e. The lowest BCUT2D eigenvalue weighted by molar-refractivity contribution is 0.163. The predicted octanol–water partition coefficient (Wildman–Crippen LogP) is 9.05. The van der Waals surface area contributed by atoms with Gasteiger partial charge in [0, 0.05) is 0 Å². The Kier molecular flexibility index (Phi) is 12.3. The minimum Gasteiger partial charge on any atom is -0.493 e. The molecule has 0 fully saturated rings. The second kappa shape index (κ2) is 15.5. The van der Waals surface area contributed by atoms with E-state index in [4.69, 9.17) is 4.74 Å². The number of ether oxygens (including phenoxy) is 1. The van der Waals surface area contributed by atoms with Crippen molar-refractivity contribution in [2.45, 2.75) is 59.3 Å². The van der Waals surface area contributed by atoms with E-state index in [2.05, 4.69) is 75.1 Å². The molecule has 2 heteroatoms. The van der Waals surface area contributed by atoms with Crippen LogP contribution in [-0.2, 0) is 4.74 Å². The van der Waals surface area contributed by atoms with E-state index >= 15 is 0 Å². The van der Waals surface area contributed by atoms with Gasteiger partial charge in [0.25, 0.3) is 0 Å². The van der Waals surface area contributed by atoms with Crippen LogP contribution in [0.3, 0.4) is 0 Å². The molecule has 1 aromatic rings. The maximum Gasteiger partial charge on any atom is 0.130 e. The zero-order valence-electron chi connectivity index (χ0n) is 21.1. The highest BCUT2D eigenvalue weighted by Crippen LogP contribution is 2.28. The van der Waals surface area contributed by atoms with Crippen LogP contribution in [0.25, 0.3) is 5.57 Å². The molecule has 2 nitrogen and oxygen atoms in total. The van der Waals surface area contributed by atoms with Crippen molar-refractivity contribution < 1.29 is 4.74 Å². The van der Waals surface area contributed by atoms with Gasteiger partial charge in [0.1, 0.15) is 11.8 Å². The minimum absolute atomic E-state index is 0.474. The van der Waals surface area contributed by atoms with Crippen LogP contribution in [0.15, 0.2) is 108 Å². The Morgan fingerprint density at radius 2 is 2.00 bits per heavy atom. The summed E-state index contributed by atoms with van der Waals surface area (Å²) >= 11 is 0. The van der Waals surface area contributed by atoms with Crippen LogP contribution >= 0.6 is 0 Å². The van der Waals surface area contributed by atoms with Crippen molar-refractivity contribution in [3.05, 3.63) is 114 Å². The molecule has 0 radical (unpaired) electrons. The standard InChI is InChI=1S/C32H39NO/c1-5-8-17-27(6-2)25-34-26(4)32(24-33)31(30-20-12-9-10-13-21-30)23-16-22-28(7-3)29-18-14-11-15-19-29/h7,9-12,14-16,18-22,27H,4-6,8,13,17,23,25H2,1-3H3/b22-16-,28-7+,32-31+. The van der Waals surface area contributed by atoms with Gasteiger partial charge in [-0.2, -0.15) is 5.26 Å². The lowest BCUT2D eigenvalue weighted by Gasteiger charge is -2.18. The molecule has 0 aliphatic heterocycles. The van der Waals surface area contributed by atoms with E-state index in [1.54, 1.807) is 0 Å². The monoisotopic (exact) mass is 453 g/mol. The van der Waals surface area contributed by atoms with E-state index < -0.39 is 0 Å². The first-order valence-electron chi connectivity index (χ1n) is 12.5. The quantitative estimate of drug-likeness (QED) is 0.169. The lowest BCUT2D eigenvalue weighted by atomic mass is 9.94. The fourth-order valence-electron chi connectivity index (χ4n) is 3.95. The Hall–Kier alpha value is -3.31. The zero-order valence-corrected chi connectivity index (χ0v) is 21.1. The first-order chi connectivity index (χ1) is 16.6. The Morgan fingerprint density at radius 1 is 1.21 bits per heavy atom. The SMILES string of the molecule is C=C(OCC(CC)CCCC)/C(C#N)=C(\C/C=C\C(=C/C)c1ccccc1)C1=CCC=CC=C1. The number of nitrogens with zero attached hydrogens (tertiary/aromatic N) is 1. The van der Waals surface area contributed by atoms with Crippen LogP contribution in [-0.4, -0.2) is 6.61 Å². The molecule has 0 heterocycles. The summed E-state index contributed by atoms with van der Waals surface area (Å²) in [4.78, 5) is 0. The summed E-state index contributed by atoms with van der Waals surface area (Å²) in [6.45, 7) is 11.2. The Balaban J connectivity index is 2.29. The number of benzene rings is 1. The molecule has 1 aliphatic rings. The fourth-order valence-corrected chi connectivity index (χ4v) is 3.95. The van der Waals surface area contributed by atoms with E-state index in [1.807, 2.05) is 37.3 Å². The highest BCUT2D eigenvalue weighted by atomic mass is 16.5. The van der Waals surface area contributed by atoms with Crippen molar-refractivity contribution in [3.8, 4) is 6.07 Å². The molecule has 1 aromatic carbocycles. The van der Waals surface area contributed by atoms with Crippen molar-refractivity contribution in [1.29, 1.82) is 5.26 Å². The van der Waals surface area contributed by atoms with E-state index in [-0.39, 0.29) is 0 Å². The summed E-state index contributed by atoms with van der Waals surface area (Å²) in [5, 5.41) is 10.1. The molecule has 0 bridgehead atoms. The van der Waals surface area contributed by atoms with Gasteiger partial charge in [0.05, 0.1) is 12.2 Å². The molecule has 0 N–H and O–H groups in total. The number of allylic oxidation sites excluding steroid dienone is 12. The van der Waals surface area contributed by atoms with Crippen molar-refractivity contribution in [2.24, 2.45) is 5.92 Å². The maximum absolute atomic E-state index is 10.1. The van der Waals surface area contributed by atoms with Crippen LogP contribution in [0.5, 0.6) is 0 Å². The van der Waals surface area contributed by atoms with E-state index in [0.717, 1.165) is 36.0 Å². The first-order valence-corrected chi connectivity index (χ1v) is 12.5. The first kappa shape index (κ1) is 26.9. The van der Waals surface area contributed by atoms with E-state index in [0.29, 0.717) is 30.3 Å². The van der Waals surface area contributed by atoms with Crippen LogP contribution in [0.2, 0.25) is 0 Å². The molecule has 0 saturated carbocycles. The minimum atomic E-state index is 0.474. The van der Waals surface area contributed by atoms with Crippen molar-refractivity contribution in [2.75, 3.05) is 6.61 Å².